The zero-order chi connectivity index (χ0) is 36.3. The Labute approximate surface area is 320 Å². The minimum Gasteiger partial charge on any atom is -0.309 e. The minimum atomic E-state index is 1.16. The molecule has 0 spiro atoms. The fourth-order valence-electron chi connectivity index (χ4n) is 8.71. The average molecular weight is 698 g/mol. The van der Waals surface area contributed by atoms with Gasteiger partial charge in [0.2, 0.25) is 0 Å². The van der Waals surface area contributed by atoms with E-state index in [1.165, 1.54) is 98.6 Å². The number of hydrogen-bond donors (Lipinski definition) is 0. The smallest absolute Gasteiger partial charge is 0.0541 e. The number of fused-ring (bicyclic) bond motifs is 9. The van der Waals surface area contributed by atoms with E-state index in [9.17, 15) is 0 Å². The number of benzene rings is 10. The molecule has 0 atom stereocenters. The molecule has 0 N–H and O–H groups in total. The van der Waals surface area contributed by atoms with E-state index in [0.717, 1.165) is 5.69 Å². The summed E-state index contributed by atoms with van der Waals surface area (Å²) in [6.45, 7) is 0. The Morgan fingerprint density at radius 2 is 0.564 bits per heavy atom. The largest absolute Gasteiger partial charge is 0.309 e. The maximum Gasteiger partial charge on any atom is 0.0541 e. The second kappa shape index (κ2) is 12.7. The van der Waals surface area contributed by atoms with Crippen molar-refractivity contribution in [2.45, 2.75) is 0 Å². The van der Waals surface area contributed by atoms with Crippen LogP contribution in [0, 0.1) is 0 Å². The summed E-state index contributed by atoms with van der Waals surface area (Å²) in [5.41, 5.74) is 13.3. The standard InChI is InChI=1S/C54H35N/c1-3-13-36(14-4-1)41-25-28-46-45-29-27-43(35-50(45)47-30-26-42(34-52(47)51(46)33-41)37-15-5-2-6-16-37)39-18-11-17-38(31-39)40-19-12-20-44(32-40)55-53-23-9-7-21-48(53)49-22-8-10-24-54(49)55/h1-35H. The van der Waals surface area contributed by atoms with Crippen LogP contribution in [-0.2, 0) is 0 Å². The second-order valence-corrected chi connectivity index (χ2v) is 14.5. The molecular formula is C54H35N. The van der Waals surface area contributed by atoms with Crippen molar-refractivity contribution >= 4 is 54.1 Å². The molecule has 1 heterocycles. The molecule has 0 fully saturated rings. The second-order valence-electron chi connectivity index (χ2n) is 14.5. The summed E-state index contributed by atoms with van der Waals surface area (Å²) in [4.78, 5) is 0. The molecule has 0 amide bonds. The van der Waals surface area contributed by atoms with Crippen LogP contribution in [0.25, 0.3) is 104 Å². The van der Waals surface area contributed by atoms with Crippen LogP contribution in [0.3, 0.4) is 0 Å². The third-order valence-corrected chi connectivity index (χ3v) is 11.4. The van der Waals surface area contributed by atoms with Gasteiger partial charge in [0.1, 0.15) is 0 Å². The summed E-state index contributed by atoms with van der Waals surface area (Å²) in [6.07, 6.45) is 0. The van der Waals surface area contributed by atoms with E-state index in [-0.39, 0.29) is 0 Å². The Bertz CT molecular complexity index is 3190. The highest BCUT2D eigenvalue weighted by Crippen LogP contribution is 2.41. The van der Waals surface area contributed by atoms with Gasteiger partial charge in [0.05, 0.1) is 11.0 Å². The van der Waals surface area contributed by atoms with E-state index in [4.69, 9.17) is 0 Å². The van der Waals surface area contributed by atoms with Crippen LogP contribution in [-0.4, -0.2) is 4.57 Å². The summed E-state index contributed by atoms with van der Waals surface area (Å²) in [5, 5.41) is 10.2. The molecule has 256 valence electrons. The molecule has 10 aromatic carbocycles. The average Bonchev–Trinajstić information content (AvgIpc) is 3.61. The van der Waals surface area contributed by atoms with Gasteiger partial charge in [0, 0.05) is 16.5 Å². The van der Waals surface area contributed by atoms with Crippen LogP contribution >= 0.6 is 0 Å². The molecule has 0 saturated carbocycles. The van der Waals surface area contributed by atoms with Gasteiger partial charge >= 0.3 is 0 Å². The first kappa shape index (κ1) is 31.3. The van der Waals surface area contributed by atoms with Crippen molar-refractivity contribution in [1.29, 1.82) is 0 Å². The first-order valence-electron chi connectivity index (χ1n) is 19.0. The highest BCUT2D eigenvalue weighted by atomic mass is 15.0. The molecule has 1 heteroatoms. The van der Waals surface area contributed by atoms with Crippen molar-refractivity contribution in [3.63, 3.8) is 0 Å². The minimum absolute atomic E-state index is 1.16. The van der Waals surface area contributed by atoms with Gasteiger partial charge in [-0.1, -0.05) is 164 Å². The Morgan fingerprint density at radius 1 is 0.200 bits per heavy atom. The van der Waals surface area contributed by atoms with Crippen molar-refractivity contribution in [1.82, 2.24) is 4.57 Å². The summed E-state index contributed by atoms with van der Waals surface area (Å²) in [6, 6.07) is 77.8. The number of aromatic nitrogens is 1. The van der Waals surface area contributed by atoms with E-state index in [1.807, 2.05) is 0 Å². The van der Waals surface area contributed by atoms with Gasteiger partial charge < -0.3 is 4.57 Å². The third-order valence-electron chi connectivity index (χ3n) is 11.4. The van der Waals surface area contributed by atoms with Crippen molar-refractivity contribution in [3.05, 3.63) is 212 Å². The number of nitrogens with zero attached hydrogens (tertiary/aromatic N) is 1. The van der Waals surface area contributed by atoms with Gasteiger partial charge in [-0.2, -0.15) is 0 Å². The lowest BCUT2D eigenvalue weighted by Gasteiger charge is -2.15. The third kappa shape index (κ3) is 5.24. The predicted molar refractivity (Wildman–Crippen MR) is 235 cm³/mol. The zero-order valence-corrected chi connectivity index (χ0v) is 30.2. The van der Waals surface area contributed by atoms with Crippen LogP contribution in [0.5, 0.6) is 0 Å². The van der Waals surface area contributed by atoms with E-state index in [2.05, 4.69) is 217 Å². The summed E-state index contributed by atoms with van der Waals surface area (Å²) >= 11 is 0. The monoisotopic (exact) mass is 697 g/mol. The molecule has 11 rings (SSSR count). The summed E-state index contributed by atoms with van der Waals surface area (Å²) in [7, 11) is 0. The van der Waals surface area contributed by atoms with E-state index < -0.39 is 0 Å². The molecule has 11 aromatic rings. The van der Waals surface area contributed by atoms with Crippen LogP contribution in [0.15, 0.2) is 212 Å². The van der Waals surface area contributed by atoms with Crippen molar-refractivity contribution in [3.8, 4) is 50.2 Å². The maximum absolute atomic E-state index is 2.40. The van der Waals surface area contributed by atoms with Crippen molar-refractivity contribution in [2.24, 2.45) is 0 Å². The molecule has 1 nitrogen and oxygen atoms in total. The van der Waals surface area contributed by atoms with Crippen LogP contribution in [0.1, 0.15) is 0 Å². The zero-order valence-electron chi connectivity index (χ0n) is 30.2. The maximum atomic E-state index is 2.40. The number of para-hydroxylation sites is 2. The topological polar surface area (TPSA) is 4.93 Å². The highest BCUT2D eigenvalue weighted by molar-refractivity contribution is 6.26. The molecule has 1 aromatic heterocycles. The first-order chi connectivity index (χ1) is 27.3. The molecule has 0 bridgehead atoms. The lowest BCUT2D eigenvalue weighted by Crippen LogP contribution is -1.94. The fraction of sp³-hybridized carbons (Fsp3) is 0. The molecule has 0 radical (unpaired) electrons. The van der Waals surface area contributed by atoms with Crippen LogP contribution < -0.4 is 0 Å². The molecule has 0 unspecified atom stereocenters. The normalized spacial score (nSPS) is 11.6. The van der Waals surface area contributed by atoms with E-state index in [1.54, 1.807) is 0 Å². The number of hydrogen-bond acceptors (Lipinski definition) is 0. The lowest BCUT2D eigenvalue weighted by atomic mass is 9.89. The first-order valence-corrected chi connectivity index (χ1v) is 19.0. The van der Waals surface area contributed by atoms with Gasteiger partial charge in [-0.3, -0.25) is 0 Å². The fourth-order valence-corrected chi connectivity index (χ4v) is 8.71. The van der Waals surface area contributed by atoms with Gasteiger partial charge in [0.15, 0.2) is 0 Å². The Kier molecular flexibility index (Phi) is 7.25. The van der Waals surface area contributed by atoms with Gasteiger partial charge in [-0.15, -0.1) is 0 Å². The Balaban J connectivity index is 1.06. The molecular weight excluding hydrogens is 663 g/mol. The summed E-state index contributed by atoms with van der Waals surface area (Å²) < 4.78 is 2.39. The molecule has 55 heavy (non-hydrogen) atoms. The SMILES string of the molecule is c1ccc(-c2ccc3c4ccc(-c5cccc(-c6cccc(-n7c8ccccc8c8ccccc87)c6)c5)cc4c4ccc(-c5ccccc5)cc4c3c2)cc1. The molecule has 0 saturated heterocycles. The molecule has 0 aliphatic heterocycles. The van der Waals surface area contributed by atoms with Crippen LogP contribution in [0.4, 0.5) is 0 Å². The van der Waals surface area contributed by atoms with Crippen molar-refractivity contribution < 1.29 is 0 Å². The highest BCUT2D eigenvalue weighted by Gasteiger charge is 2.15. The number of rotatable bonds is 5. The Hall–Kier alpha value is -7.22. The van der Waals surface area contributed by atoms with Gasteiger partial charge in [-0.25, -0.2) is 0 Å². The Morgan fingerprint density at radius 3 is 1.09 bits per heavy atom. The predicted octanol–water partition coefficient (Wildman–Crippen LogP) is 14.9. The molecule has 0 aliphatic rings. The van der Waals surface area contributed by atoms with Gasteiger partial charge in [-0.05, 0) is 125 Å². The van der Waals surface area contributed by atoms with E-state index >= 15 is 0 Å². The van der Waals surface area contributed by atoms with Crippen LogP contribution in [0.2, 0.25) is 0 Å². The summed E-state index contributed by atoms with van der Waals surface area (Å²) in [5.74, 6) is 0. The van der Waals surface area contributed by atoms with Gasteiger partial charge in [0.25, 0.3) is 0 Å². The van der Waals surface area contributed by atoms with E-state index in [0.29, 0.717) is 0 Å². The molecule has 0 aliphatic carbocycles. The van der Waals surface area contributed by atoms with Crippen molar-refractivity contribution in [2.75, 3.05) is 0 Å². The quantitative estimate of drug-likeness (QED) is 0.158. The lowest BCUT2D eigenvalue weighted by molar-refractivity contribution is 1.18.